The van der Waals surface area contributed by atoms with E-state index >= 15 is 0 Å². The largest absolute Gasteiger partial charge is 0.495 e. The molecule has 3 aromatic rings. The summed E-state index contributed by atoms with van der Waals surface area (Å²) in [4.78, 5) is 32.0. The quantitative estimate of drug-likeness (QED) is 0.226. The van der Waals surface area contributed by atoms with E-state index in [-0.39, 0.29) is 48.9 Å². The van der Waals surface area contributed by atoms with E-state index in [0.29, 0.717) is 22.0 Å². The molecule has 1 aromatic heterocycles. The van der Waals surface area contributed by atoms with Gasteiger partial charge in [0.25, 0.3) is 11.6 Å². The Morgan fingerprint density at radius 3 is 2.16 bits per heavy atom. The van der Waals surface area contributed by atoms with Crippen molar-refractivity contribution < 1.29 is 27.4 Å². The molecule has 0 unspecified atom stereocenters. The van der Waals surface area contributed by atoms with E-state index in [0.717, 1.165) is 24.7 Å². The highest BCUT2D eigenvalue weighted by atomic mass is 32.2. The molecule has 0 N–H and O–H groups in total. The van der Waals surface area contributed by atoms with Crippen LogP contribution in [0.1, 0.15) is 56.5 Å². The number of nitro benzene ring substituents is 1. The Labute approximate surface area is 262 Å². The number of amides is 1. The predicted molar refractivity (Wildman–Crippen MR) is 168 cm³/mol. The van der Waals surface area contributed by atoms with Crippen molar-refractivity contribution in [2.45, 2.75) is 57.2 Å². The fraction of sp³-hybridized carbons (Fsp3) is 0.452. The molecule has 14 heteroatoms. The van der Waals surface area contributed by atoms with Crippen LogP contribution < -0.4 is 5.46 Å². The molecule has 1 amide bonds. The number of rotatable bonds is 6. The van der Waals surface area contributed by atoms with Crippen LogP contribution in [0.3, 0.4) is 0 Å². The lowest BCUT2D eigenvalue weighted by molar-refractivity contribution is -0.383. The molecule has 2 saturated heterocycles. The molecule has 234 valence electrons. The van der Waals surface area contributed by atoms with Crippen molar-refractivity contribution in [2.24, 2.45) is 0 Å². The maximum absolute atomic E-state index is 14.1. The summed E-state index contributed by atoms with van der Waals surface area (Å²) in [6.45, 7) is 8.25. The number of nitrogens with zero attached hydrogens (tertiary/aromatic N) is 5. The first kappa shape index (κ1) is 31.1. The number of pyridine rings is 1. The topological polar surface area (TPSA) is 156 Å². The highest BCUT2D eigenvalue weighted by Gasteiger charge is 2.52. The van der Waals surface area contributed by atoms with Gasteiger partial charge in [-0.05, 0) is 57.1 Å². The zero-order valence-corrected chi connectivity index (χ0v) is 26.7. The first-order chi connectivity index (χ1) is 21.1. The van der Waals surface area contributed by atoms with Crippen molar-refractivity contribution >= 4 is 45.1 Å². The minimum atomic E-state index is -3.40. The zero-order valence-electron chi connectivity index (χ0n) is 25.9. The Kier molecular flexibility index (Phi) is 7.32. The fourth-order valence-corrected chi connectivity index (χ4v) is 6.80. The van der Waals surface area contributed by atoms with Gasteiger partial charge in [-0.25, -0.2) is 13.4 Å². The molecule has 45 heavy (non-hydrogen) atoms. The summed E-state index contributed by atoms with van der Waals surface area (Å²) in [5, 5.41) is 22.5. The Bertz CT molecular complexity index is 1860. The molecule has 6 rings (SSSR count). The Morgan fingerprint density at radius 2 is 1.64 bits per heavy atom. The van der Waals surface area contributed by atoms with Crippen LogP contribution in [0.15, 0.2) is 42.6 Å². The van der Waals surface area contributed by atoms with Gasteiger partial charge in [0.2, 0.25) is 10.0 Å². The molecule has 3 fully saturated rings. The van der Waals surface area contributed by atoms with Crippen LogP contribution in [0.5, 0.6) is 0 Å². The number of nitro groups is 1. The fourth-order valence-electron chi connectivity index (χ4n) is 5.97. The summed E-state index contributed by atoms with van der Waals surface area (Å²) < 4.78 is 37.9. The summed E-state index contributed by atoms with van der Waals surface area (Å²) in [6.07, 6.45) is 4.04. The number of benzene rings is 2. The van der Waals surface area contributed by atoms with E-state index in [2.05, 4.69) is 11.1 Å². The molecular formula is C31H34BN5O7S. The molecule has 3 aliphatic rings. The second-order valence-corrected chi connectivity index (χ2v) is 15.0. The van der Waals surface area contributed by atoms with Gasteiger partial charge in [-0.2, -0.15) is 9.57 Å². The van der Waals surface area contributed by atoms with Crippen molar-refractivity contribution in [2.75, 3.05) is 32.4 Å². The number of non-ortho nitro benzene ring substituents is 1. The Morgan fingerprint density at radius 1 is 1.04 bits per heavy atom. The number of nitriles is 1. The van der Waals surface area contributed by atoms with Gasteiger partial charge in [-0.1, -0.05) is 30.3 Å². The van der Waals surface area contributed by atoms with Crippen LogP contribution in [-0.4, -0.2) is 84.2 Å². The van der Waals surface area contributed by atoms with Gasteiger partial charge in [0.15, 0.2) is 0 Å². The molecule has 1 aliphatic carbocycles. The number of fused-ring (bicyclic) bond motifs is 1. The van der Waals surface area contributed by atoms with Crippen molar-refractivity contribution in [3.8, 4) is 17.2 Å². The van der Waals surface area contributed by atoms with Crippen molar-refractivity contribution in [1.29, 1.82) is 5.26 Å². The highest BCUT2D eigenvalue weighted by Crippen LogP contribution is 2.48. The van der Waals surface area contributed by atoms with E-state index in [9.17, 15) is 28.6 Å². The summed E-state index contributed by atoms with van der Waals surface area (Å²) in [5.74, 6) is -0.365. The van der Waals surface area contributed by atoms with Crippen LogP contribution in [0.2, 0.25) is 0 Å². The molecular weight excluding hydrogens is 597 g/mol. The minimum absolute atomic E-state index is 0.105. The number of piperazine rings is 1. The number of aromatic nitrogens is 1. The molecule has 0 radical (unpaired) electrons. The molecule has 0 spiro atoms. The van der Waals surface area contributed by atoms with Crippen molar-refractivity contribution in [3.63, 3.8) is 0 Å². The van der Waals surface area contributed by atoms with Gasteiger partial charge in [-0.15, -0.1) is 0 Å². The molecule has 3 heterocycles. The van der Waals surface area contributed by atoms with E-state index in [1.54, 1.807) is 11.0 Å². The van der Waals surface area contributed by atoms with E-state index in [1.807, 2.05) is 52.0 Å². The van der Waals surface area contributed by atoms with Gasteiger partial charge < -0.3 is 14.2 Å². The van der Waals surface area contributed by atoms with Gasteiger partial charge in [0, 0.05) is 49.4 Å². The van der Waals surface area contributed by atoms with Crippen molar-refractivity contribution in [3.05, 3.63) is 63.8 Å². The lowest BCUT2D eigenvalue weighted by atomic mass is 9.77. The van der Waals surface area contributed by atoms with Gasteiger partial charge in [0.1, 0.15) is 5.52 Å². The van der Waals surface area contributed by atoms with Crippen LogP contribution >= 0.6 is 0 Å². The Balaban J connectivity index is 1.52. The second kappa shape index (κ2) is 10.6. The first-order valence-corrected chi connectivity index (χ1v) is 16.6. The van der Waals surface area contributed by atoms with Crippen LogP contribution in [0.25, 0.3) is 22.0 Å². The molecule has 2 aromatic carbocycles. The molecule has 0 atom stereocenters. The lowest BCUT2D eigenvalue weighted by Crippen LogP contribution is -2.50. The maximum Gasteiger partial charge on any atom is 0.495 e. The number of sulfonamides is 1. The van der Waals surface area contributed by atoms with Crippen LogP contribution in [-0.2, 0) is 24.7 Å². The van der Waals surface area contributed by atoms with E-state index in [4.69, 9.17) is 9.31 Å². The van der Waals surface area contributed by atoms with Gasteiger partial charge in [0.05, 0.1) is 39.4 Å². The monoisotopic (exact) mass is 631 g/mol. The van der Waals surface area contributed by atoms with Gasteiger partial charge in [-0.3, -0.25) is 14.9 Å². The van der Waals surface area contributed by atoms with Crippen LogP contribution in [0, 0.1) is 21.4 Å². The normalized spacial score (nSPS) is 20.6. The van der Waals surface area contributed by atoms with E-state index < -0.39 is 38.7 Å². The third-order valence-corrected chi connectivity index (χ3v) is 10.9. The summed E-state index contributed by atoms with van der Waals surface area (Å²) in [5.41, 5.74) is 0.549. The average molecular weight is 632 g/mol. The van der Waals surface area contributed by atoms with Crippen molar-refractivity contribution in [1.82, 2.24) is 14.2 Å². The van der Waals surface area contributed by atoms with E-state index in [1.165, 1.54) is 16.6 Å². The Hall–Kier alpha value is -3.90. The summed E-state index contributed by atoms with van der Waals surface area (Å²) in [7, 11) is -4.30. The summed E-state index contributed by atoms with van der Waals surface area (Å²) in [6, 6.07) is 12.9. The molecule has 2 aliphatic heterocycles. The minimum Gasteiger partial charge on any atom is -0.399 e. The maximum atomic E-state index is 14.1. The third kappa shape index (κ3) is 5.37. The first-order valence-electron chi connectivity index (χ1n) is 14.8. The molecule has 1 saturated carbocycles. The lowest BCUT2D eigenvalue weighted by Gasteiger charge is -2.33. The standard InChI is InChI=1S/C31H34BN5O7S/c1-29(2)30(3,4)44-32(43-29)22-16-23-26(20-6-8-21(9-7-20)31(19-33)10-11-31)24(18-34-27(23)25(17-22)37(39)40)28(38)35-12-14-36(15-13-35)45(5,41)42/h6-9,16-18H,10-15H2,1-5H3. The van der Waals surface area contributed by atoms with Crippen LogP contribution in [0.4, 0.5) is 5.69 Å². The number of carbonyl (C=O) groups is 1. The SMILES string of the molecule is CC1(C)OB(c2cc([N+](=O)[O-])c3ncc(C(=O)N4CCN(S(C)(=O)=O)CC4)c(-c4ccc(C5(C#N)CC5)cc4)c3c2)OC1(C)C. The number of carbonyl (C=O) groups excluding carboxylic acids is 1. The second-order valence-electron chi connectivity index (χ2n) is 13.1. The molecule has 12 nitrogen and oxygen atoms in total. The number of hydrogen-bond donors (Lipinski definition) is 0. The average Bonchev–Trinajstić information content (AvgIpc) is 3.76. The highest BCUT2D eigenvalue weighted by molar-refractivity contribution is 7.88. The number of hydrogen-bond acceptors (Lipinski definition) is 9. The molecule has 0 bridgehead atoms. The predicted octanol–water partition coefficient (Wildman–Crippen LogP) is 3.38. The summed E-state index contributed by atoms with van der Waals surface area (Å²) >= 11 is 0. The zero-order chi connectivity index (χ0) is 32.5. The third-order valence-electron chi connectivity index (χ3n) is 9.61. The smallest absolute Gasteiger partial charge is 0.399 e. The van der Waals surface area contributed by atoms with Gasteiger partial charge >= 0.3 is 7.12 Å².